The third-order valence-electron chi connectivity index (χ3n) is 6.55. The molecule has 3 atom stereocenters. The van der Waals surface area contributed by atoms with Crippen molar-refractivity contribution in [1.29, 1.82) is 0 Å². The molecule has 8 heteroatoms. The average Bonchev–Trinajstić information content (AvgIpc) is 3.02. The van der Waals surface area contributed by atoms with E-state index in [-0.39, 0.29) is 25.8 Å². The summed E-state index contributed by atoms with van der Waals surface area (Å²) < 4.78 is 5.34. The standard InChI is InChI=1S/C33H35N3O5/c37-22-29(19-24-11-4-1-5-12-24)34-21-30(38)27-17-10-18-28(20-27)35-32(39)31(26-15-8-3-9-16-26)36-33(40)41-23-25-13-6-2-7-14-25/h1-18,20,29-31,34,37-38H,19,21-23H2,(H,35,39)(H,36,40)/t29-,30-,31-/m0/s1. The number of benzene rings is 4. The number of aliphatic hydroxyl groups is 2. The van der Waals surface area contributed by atoms with E-state index in [0.29, 0.717) is 23.2 Å². The van der Waals surface area contributed by atoms with Crippen LogP contribution in [0.4, 0.5) is 10.5 Å². The Bertz CT molecular complexity index is 1370. The number of nitrogens with one attached hydrogen (secondary N) is 3. The maximum absolute atomic E-state index is 13.3. The van der Waals surface area contributed by atoms with Crippen LogP contribution in [0, 0.1) is 0 Å². The molecule has 0 aliphatic heterocycles. The zero-order valence-corrected chi connectivity index (χ0v) is 22.6. The predicted molar refractivity (Wildman–Crippen MR) is 158 cm³/mol. The lowest BCUT2D eigenvalue weighted by Crippen LogP contribution is -2.37. The van der Waals surface area contributed by atoms with Crippen LogP contribution < -0.4 is 16.0 Å². The smallest absolute Gasteiger partial charge is 0.408 e. The van der Waals surface area contributed by atoms with Crippen molar-refractivity contribution in [3.63, 3.8) is 0 Å². The second kappa shape index (κ2) is 15.3. The summed E-state index contributed by atoms with van der Waals surface area (Å²) in [6, 6.07) is 33.7. The van der Waals surface area contributed by atoms with Gasteiger partial charge in [0.1, 0.15) is 12.6 Å². The number of rotatable bonds is 13. The van der Waals surface area contributed by atoms with Crippen LogP contribution in [0.15, 0.2) is 115 Å². The van der Waals surface area contributed by atoms with Crippen LogP contribution in [0.25, 0.3) is 0 Å². The molecule has 0 aromatic heterocycles. The van der Waals surface area contributed by atoms with Gasteiger partial charge in [-0.1, -0.05) is 103 Å². The highest BCUT2D eigenvalue weighted by Gasteiger charge is 2.24. The van der Waals surface area contributed by atoms with E-state index in [1.54, 1.807) is 48.5 Å². The zero-order valence-electron chi connectivity index (χ0n) is 22.6. The summed E-state index contributed by atoms with van der Waals surface area (Å²) >= 11 is 0. The van der Waals surface area contributed by atoms with Crippen molar-refractivity contribution in [3.8, 4) is 0 Å². The quantitative estimate of drug-likeness (QED) is 0.166. The second-order valence-corrected chi connectivity index (χ2v) is 9.66. The Morgan fingerprint density at radius 2 is 1.37 bits per heavy atom. The normalized spacial score (nSPS) is 13.0. The maximum Gasteiger partial charge on any atom is 0.408 e. The minimum Gasteiger partial charge on any atom is -0.445 e. The van der Waals surface area contributed by atoms with Gasteiger partial charge in [-0.05, 0) is 40.8 Å². The molecule has 0 spiro atoms. The number of amides is 2. The monoisotopic (exact) mass is 553 g/mol. The Morgan fingerprint density at radius 1 is 0.756 bits per heavy atom. The van der Waals surface area contributed by atoms with Crippen LogP contribution in [-0.4, -0.2) is 41.4 Å². The first kappa shape index (κ1) is 29.5. The fraction of sp³-hybridized carbons (Fsp3) is 0.212. The third-order valence-corrected chi connectivity index (χ3v) is 6.55. The van der Waals surface area contributed by atoms with Crippen molar-refractivity contribution in [2.45, 2.75) is 31.2 Å². The number of anilines is 1. The first-order chi connectivity index (χ1) is 20.0. The topological polar surface area (TPSA) is 120 Å². The van der Waals surface area contributed by atoms with Crippen LogP contribution in [0.5, 0.6) is 0 Å². The van der Waals surface area contributed by atoms with Crippen LogP contribution in [0.3, 0.4) is 0 Å². The Balaban J connectivity index is 1.37. The summed E-state index contributed by atoms with van der Waals surface area (Å²) in [5.41, 5.74) is 3.58. The largest absolute Gasteiger partial charge is 0.445 e. The van der Waals surface area contributed by atoms with E-state index in [0.717, 1.165) is 11.1 Å². The van der Waals surface area contributed by atoms with E-state index in [1.807, 2.05) is 66.7 Å². The summed E-state index contributed by atoms with van der Waals surface area (Å²) in [6.45, 7) is 0.225. The molecule has 2 amide bonds. The van der Waals surface area contributed by atoms with Gasteiger partial charge in [0.25, 0.3) is 5.91 Å². The van der Waals surface area contributed by atoms with Gasteiger partial charge in [0.05, 0.1) is 12.7 Å². The van der Waals surface area contributed by atoms with E-state index < -0.39 is 24.1 Å². The van der Waals surface area contributed by atoms with E-state index in [1.165, 1.54) is 0 Å². The van der Waals surface area contributed by atoms with Crippen LogP contribution in [-0.2, 0) is 22.6 Å². The molecule has 0 aliphatic carbocycles. The van der Waals surface area contributed by atoms with Gasteiger partial charge in [-0.2, -0.15) is 0 Å². The third kappa shape index (κ3) is 9.29. The van der Waals surface area contributed by atoms with Gasteiger partial charge in [0.15, 0.2) is 0 Å². The van der Waals surface area contributed by atoms with Crippen molar-refractivity contribution in [1.82, 2.24) is 10.6 Å². The number of alkyl carbamates (subject to hydrolysis) is 1. The van der Waals surface area contributed by atoms with Gasteiger partial charge in [0, 0.05) is 18.3 Å². The molecule has 4 aromatic rings. The van der Waals surface area contributed by atoms with Gasteiger partial charge in [0.2, 0.25) is 0 Å². The summed E-state index contributed by atoms with van der Waals surface area (Å²) in [5.74, 6) is -0.458. The molecule has 41 heavy (non-hydrogen) atoms. The lowest BCUT2D eigenvalue weighted by atomic mass is 10.0. The number of carbonyl (C=O) groups excluding carboxylic acids is 2. The van der Waals surface area contributed by atoms with Gasteiger partial charge >= 0.3 is 6.09 Å². The summed E-state index contributed by atoms with van der Waals surface area (Å²) in [4.78, 5) is 25.9. The SMILES string of the molecule is O=C(N[C@H](C(=O)Nc1cccc([C@@H](O)CN[C@H](CO)Cc2ccccc2)c1)c1ccccc1)OCc1ccccc1. The van der Waals surface area contributed by atoms with Crippen molar-refractivity contribution >= 4 is 17.7 Å². The molecule has 0 saturated heterocycles. The van der Waals surface area contributed by atoms with E-state index in [2.05, 4.69) is 16.0 Å². The first-order valence-electron chi connectivity index (χ1n) is 13.5. The molecule has 212 valence electrons. The Morgan fingerprint density at radius 3 is 2.02 bits per heavy atom. The fourth-order valence-electron chi connectivity index (χ4n) is 4.36. The molecule has 0 radical (unpaired) electrons. The molecule has 4 aromatic carbocycles. The zero-order chi connectivity index (χ0) is 28.9. The minimum atomic E-state index is -1.00. The average molecular weight is 554 g/mol. The Kier molecular flexibility index (Phi) is 11.0. The molecule has 0 fully saturated rings. The van der Waals surface area contributed by atoms with E-state index in [9.17, 15) is 19.8 Å². The number of hydrogen-bond acceptors (Lipinski definition) is 6. The maximum atomic E-state index is 13.3. The molecular formula is C33H35N3O5. The van der Waals surface area contributed by atoms with Crippen LogP contribution in [0.2, 0.25) is 0 Å². The molecule has 0 heterocycles. The van der Waals surface area contributed by atoms with Gasteiger partial charge in [-0.15, -0.1) is 0 Å². The Hall–Kier alpha value is -4.50. The van der Waals surface area contributed by atoms with Crippen molar-refractivity contribution in [2.24, 2.45) is 0 Å². The van der Waals surface area contributed by atoms with E-state index in [4.69, 9.17) is 4.74 Å². The molecule has 0 saturated carbocycles. The van der Waals surface area contributed by atoms with Gasteiger partial charge in [-0.25, -0.2) is 4.79 Å². The molecule has 5 N–H and O–H groups in total. The lowest BCUT2D eigenvalue weighted by molar-refractivity contribution is -0.118. The molecule has 4 rings (SSSR count). The molecule has 0 unspecified atom stereocenters. The summed E-state index contributed by atoms with van der Waals surface area (Å²) in [7, 11) is 0. The van der Waals surface area contributed by atoms with Crippen molar-refractivity contribution in [2.75, 3.05) is 18.5 Å². The number of carbonyl (C=O) groups is 2. The highest BCUT2D eigenvalue weighted by atomic mass is 16.5. The Labute approximate surface area is 240 Å². The number of aliphatic hydroxyl groups excluding tert-OH is 2. The molecule has 8 nitrogen and oxygen atoms in total. The fourth-order valence-corrected chi connectivity index (χ4v) is 4.36. The minimum absolute atomic E-state index is 0.0701. The van der Waals surface area contributed by atoms with Crippen LogP contribution >= 0.6 is 0 Å². The first-order valence-corrected chi connectivity index (χ1v) is 13.5. The highest BCUT2D eigenvalue weighted by molar-refractivity contribution is 5.97. The number of ether oxygens (including phenoxy) is 1. The summed E-state index contributed by atoms with van der Waals surface area (Å²) in [5, 5.41) is 29.3. The number of hydrogen-bond donors (Lipinski definition) is 5. The lowest BCUT2D eigenvalue weighted by Gasteiger charge is -2.21. The molecular weight excluding hydrogens is 518 g/mol. The summed E-state index contributed by atoms with van der Waals surface area (Å²) in [6.07, 6.45) is -0.961. The molecule has 0 bridgehead atoms. The van der Waals surface area contributed by atoms with Crippen LogP contribution in [0.1, 0.15) is 34.4 Å². The highest BCUT2D eigenvalue weighted by Crippen LogP contribution is 2.21. The van der Waals surface area contributed by atoms with E-state index >= 15 is 0 Å². The molecule has 0 aliphatic rings. The second-order valence-electron chi connectivity index (χ2n) is 9.66. The van der Waals surface area contributed by atoms with Crippen molar-refractivity contribution < 1.29 is 24.5 Å². The van der Waals surface area contributed by atoms with Crippen molar-refractivity contribution in [3.05, 3.63) is 138 Å². The predicted octanol–water partition coefficient (Wildman–Crippen LogP) is 4.52. The van der Waals surface area contributed by atoms with Gasteiger partial charge < -0.3 is 30.9 Å². The van der Waals surface area contributed by atoms with Gasteiger partial charge in [-0.3, -0.25) is 4.79 Å².